The Morgan fingerprint density at radius 2 is 2.00 bits per heavy atom. The van der Waals surface area contributed by atoms with Gasteiger partial charge in [0.2, 0.25) is 5.88 Å². The largest absolute Gasteiger partial charge is 0.367 e. The monoisotopic (exact) mass is 358 g/mol. The fourth-order valence-corrected chi connectivity index (χ4v) is 2.70. The summed E-state index contributed by atoms with van der Waals surface area (Å²) in [7, 11) is -3.37. The topological polar surface area (TPSA) is 86.2 Å². The zero-order valence-corrected chi connectivity index (χ0v) is 13.7. The summed E-state index contributed by atoms with van der Waals surface area (Å²) in [5.74, 6) is 0.106. The van der Waals surface area contributed by atoms with Crippen molar-refractivity contribution in [3.05, 3.63) is 34.4 Å². The minimum atomic E-state index is -3.37. The molecular formula is C13H15BrN2O3S. The first-order valence-corrected chi connectivity index (χ1v) is 8.54. The zero-order chi connectivity index (χ0) is 15.1. The molecule has 0 saturated carbocycles. The summed E-state index contributed by atoms with van der Waals surface area (Å²) in [5, 5.41) is 3.87. The van der Waals surface area contributed by atoms with E-state index in [1.54, 1.807) is 13.8 Å². The van der Waals surface area contributed by atoms with E-state index < -0.39 is 14.6 Å². The van der Waals surface area contributed by atoms with E-state index in [4.69, 9.17) is 10.3 Å². The summed E-state index contributed by atoms with van der Waals surface area (Å²) in [6, 6.07) is 7.37. The minimum Gasteiger partial charge on any atom is -0.367 e. The van der Waals surface area contributed by atoms with Gasteiger partial charge in [-0.3, -0.25) is 0 Å². The molecule has 7 heteroatoms. The highest BCUT2D eigenvalue weighted by molar-refractivity contribution is 9.10. The highest BCUT2D eigenvalue weighted by Gasteiger charge is 2.39. The molecule has 2 N–H and O–H groups in total. The van der Waals surface area contributed by atoms with Crippen LogP contribution in [0.15, 0.2) is 33.3 Å². The molecule has 0 aliphatic heterocycles. The van der Waals surface area contributed by atoms with Crippen LogP contribution in [0, 0.1) is 0 Å². The Hall–Kier alpha value is -1.34. The lowest BCUT2D eigenvalue weighted by Gasteiger charge is -2.21. The average Bonchev–Trinajstić information content (AvgIpc) is 2.70. The molecule has 1 aromatic heterocycles. The lowest BCUT2D eigenvalue weighted by molar-refractivity contribution is 0.417. The van der Waals surface area contributed by atoms with Crippen molar-refractivity contribution in [2.24, 2.45) is 0 Å². The van der Waals surface area contributed by atoms with Crippen LogP contribution in [0.1, 0.15) is 19.5 Å². The molecule has 2 rings (SSSR count). The average molecular weight is 359 g/mol. The number of nitrogen functional groups attached to an aromatic ring is 1. The number of aromatic nitrogens is 1. The molecule has 0 spiro atoms. The van der Waals surface area contributed by atoms with Crippen molar-refractivity contribution in [2.45, 2.75) is 18.6 Å². The van der Waals surface area contributed by atoms with Crippen molar-refractivity contribution >= 4 is 31.7 Å². The van der Waals surface area contributed by atoms with Crippen LogP contribution in [-0.2, 0) is 14.6 Å². The summed E-state index contributed by atoms with van der Waals surface area (Å²) < 4.78 is 28.7. The minimum absolute atomic E-state index is 0.106. The van der Waals surface area contributed by atoms with Crippen molar-refractivity contribution in [1.82, 2.24) is 5.16 Å². The number of nitrogens with zero attached hydrogens (tertiary/aromatic N) is 1. The van der Waals surface area contributed by atoms with Gasteiger partial charge in [0.25, 0.3) is 0 Å². The van der Waals surface area contributed by atoms with E-state index in [0.29, 0.717) is 11.3 Å². The molecule has 0 aliphatic rings. The second kappa shape index (κ2) is 4.89. The first kappa shape index (κ1) is 15.1. The lowest BCUT2D eigenvalue weighted by atomic mass is 9.99. The van der Waals surface area contributed by atoms with Crippen LogP contribution in [0.3, 0.4) is 0 Å². The number of halogens is 1. The van der Waals surface area contributed by atoms with E-state index in [9.17, 15) is 8.42 Å². The molecule has 0 radical (unpaired) electrons. The van der Waals surface area contributed by atoms with Gasteiger partial charge in [0.05, 0.1) is 5.56 Å². The van der Waals surface area contributed by atoms with Gasteiger partial charge in [-0.05, 0) is 31.5 Å². The Morgan fingerprint density at radius 3 is 2.55 bits per heavy atom. The van der Waals surface area contributed by atoms with Gasteiger partial charge in [0.15, 0.2) is 9.84 Å². The Balaban J connectivity index is 2.71. The first-order valence-electron chi connectivity index (χ1n) is 5.86. The summed E-state index contributed by atoms with van der Waals surface area (Å²) in [6.45, 7) is 3.17. The maximum absolute atomic E-state index is 12.0. The van der Waals surface area contributed by atoms with Gasteiger partial charge in [-0.15, -0.1) is 0 Å². The van der Waals surface area contributed by atoms with Crippen molar-refractivity contribution in [1.29, 1.82) is 0 Å². The summed E-state index contributed by atoms with van der Waals surface area (Å²) >= 11 is 3.38. The number of benzene rings is 1. The fourth-order valence-electron chi connectivity index (χ4n) is 1.81. The van der Waals surface area contributed by atoms with Gasteiger partial charge in [-0.1, -0.05) is 33.2 Å². The standard InChI is InChI=1S/C13H15BrN2O3S/c1-13(2,20(3,17)18)11-10(12(15)19-16-11)8-5-4-6-9(14)7-8/h4-7H,15H2,1-3H3. The predicted octanol–water partition coefficient (Wildman–Crippen LogP) is 2.97. The fraction of sp³-hybridized carbons (Fsp3) is 0.308. The molecule has 0 unspecified atom stereocenters. The molecule has 5 nitrogen and oxygen atoms in total. The number of nitrogens with two attached hydrogens (primary N) is 1. The molecule has 0 amide bonds. The summed E-state index contributed by atoms with van der Waals surface area (Å²) in [4.78, 5) is 0. The van der Waals surface area contributed by atoms with E-state index in [-0.39, 0.29) is 5.88 Å². The van der Waals surface area contributed by atoms with Crippen molar-refractivity contribution < 1.29 is 12.9 Å². The van der Waals surface area contributed by atoms with Crippen LogP contribution < -0.4 is 5.73 Å². The molecule has 0 aliphatic carbocycles. The van der Waals surface area contributed by atoms with Crippen LogP contribution in [0.2, 0.25) is 0 Å². The number of sulfone groups is 1. The predicted molar refractivity (Wildman–Crippen MR) is 81.9 cm³/mol. The molecule has 0 saturated heterocycles. The second-order valence-electron chi connectivity index (χ2n) is 5.06. The van der Waals surface area contributed by atoms with Gasteiger partial charge in [0, 0.05) is 10.7 Å². The Kier molecular flexibility index (Phi) is 3.68. The highest BCUT2D eigenvalue weighted by atomic mass is 79.9. The van der Waals surface area contributed by atoms with Gasteiger partial charge in [-0.2, -0.15) is 0 Å². The van der Waals surface area contributed by atoms with E-state index in [0.717, 1.165) is 10.0 Å². The third-order valence-corrected chi connectivity index (χ3v) is 5.87. The maximum atomic E-state index is 12.0. The number of hydrogen-bond donors (Lipinski definition) is 1. The smallest absolute Gasteiger partial charge is 0.230 e. The van der Waals surface area contributed by atoms with Gasteiger partial charge in [0.1, 0.15) is 10.4 Å². The maximum Gasteiger partial charge on any atom is 0.230 e. The number of hydrogen-bond acceptors (Lipinski definition) is 5. The van der Waals surface area contributed by atoms with E-state index in [1.807, 2.05) is 24.3 Å². The zero-order valence-electron chi connectivity index (χ0n) is 11.3. The van der Waals surface area contributed by atoms with E-state index in [1.165, 1.54) is 6.26 Å². The van der Waals surface area contributed by atoms with Crippen LogP contribution in [0.4, 0.5) is 5.88 Å². The van der Waals surface area contributed by atoms with Gasteiger partial charge in [-0.25, -0.2) is 8.42 Å². The summed E-state index contributed by atoms with van der Waals surface area (Å²) in [6.07, 6.45) is 1.17. The third kappa shape index (κ3) is 2.47. The molecule has 2 aromatic rings. The normalized spacial score (nSPS) is 12.6. The van der Waals surface area contributed by atoms with Crippen LogP contribution >= 0.6 is 15.9 Å². The quantitative estimate of drug-likeness (QED) is 0.911. The molecule has 0 atom stereocenters. The van der Waals surface area contributed by atoms with Crippen LogP contribution in [0.5, 0.6) is 0 Å². The molecule has 1 heterocycles. The third-order valence-electron chi connectivity index (χ3n) is 3.33. The molecule has 0 bridgehead atoms. The van der Waals surface area contributed by atoms with Crippen molar-refractivity contribution in [2.75, 3.05) is 12.0 Å². The van der Waals surface area contributed by atoms with E-state index >= 15 is 0 Å². The summed E-state index contributed by atoms with van der Waals surface area (Å²) in [5.41, 5.74) is 7.41. The lowest BCUT2D eigenvalue weighted by Crippen LogP contribution is -2.29. The van der Waals surface area contributed by atoms with Gasteiger partial charge < -0.3 is 10.3 Å². The molecule has 1 aromatic carbocycles. The Morgan fingerprint density at radius 1 is 1.35 bits per heavy atom. The number of anilines is 1. The molecule has 0 fully saturated rings. The van der Waals surface area contributed by atoms with Crippen LogP contribution in [0.25, 0.3) is 11.1 Å². The highest BCUT2D eigenvalue weighted by Crippen LogP contribution is 2.39. The molecular weight excluding hydrogens is 344 g/mol. The SMILES string of the molecule is CC(C)(c1noc(N)c1-c1cccc(Br)c1)S(C)(=O)=O. The Labute approximate surface area is 126 Å². The van der Waals surface area contributed by atoms with Gasteiger partial charge >= 0.3 is 0 Å². The molecule has 108 valence electrons. The molecule has 20 heavy (non-hydrogen) atoms. The number of rotatable bonds is 3. The Bertz CT molecular complexity index is 751. The van der Waals surface area contributed by atoms with Crippen LogP contribution in [-0.4, -0.2) is 19.8 Å². The second-order valence-corrected chi connectivity index (χ2v) is 8.54. The van der Waals surface area contributed by atoms with Crippen molar-refractivity contribution in [3.8, 4) is 11.1 Å². The van der Waals surface area contributed by atoms with Crippen molar-refractivity contribution in [3.63, 3.8) is 0 Å². The first-order chi connectivity index (χ1) is 9.14. The van der Waals surface area contributed by atoms with E-state index in [2.05, 4.69) is 21.1 Å².